The highest BCUT2D eigenvalue weighted by molar-refractivity contribution is 8.00. The van der Waals surface area contributed by atoms with E-state index in [1.165, 1.54) is 18.9 Å². The summed E-state index contributed by atoms with van der Waals surface area (Å²) < 4.78 is 4.65. The number of carbonyl (C=O) groups is 2. The minimum Gasteiger partial charge on any atom is -0.469 e. The van der Waals surface area contributed by atoms with Gasteiger partial charge < -0.3 is 9.64 Å². The zero-order valence-electron chi connectivity index (χ0n) is 10.6. The molecule has 1 fully saturated rings. The summed E-state index contributed by atoms with van der Waals surface area (Å²) in [5.74, 6) is 0.375. The summed E-state index contributed by atoms with van der Waals surface area (Å²) in [5, 5.41) is 8.44. The SMILES string of the molecule is COC(=O)CC1CCCCN1C(=O)CSCC#N. The van der Waals surface area contributed by atoms with Crippen molar-refractivity contribution >= 4 is 23.6 Å². The molecule has 0 N–H and O–H groups in total. The molecule has 0 aromatic rings. The topological polar surface area (TPSA) is 70.4 Å². The number of hydrogen-bond donors (Lipinski definition) is 0. The van der Waals surface area contributed by atoms with Crippen molar-refractivity contribution in [3.63, 3.8) is 0 Å². The number of piperidine rings is 1. The molecule has 1 aliphatic heterocycles. The quantitative estimate of drug-likeness (QED) is 0.554. The number of hydrogen-bond acceptors (Lipinski definition) is 5. The van der Waals surface area contributed by atoms with Gasteiger partial charge in [-0.15, -0.1) is 11.8 Å². The van der Waals surface area contributed by atoms with Gasteiger partial charge in [0.15, 0.2) is 0 Å². The van der Waals surface area contributed by atoms with Crippen LogP contribution in [0.1, 0.15) is 25.7 Å². The van der Waals surface area contributed by atoms with E-state index in [4.69, 9.17) is 5.26 Å². The first-order chi connectivity index (χ1) is 8.69. The summed E-state index contributed by atoms with van der Waals surface area (Å²) in [6, 6.07) is 1.96. The van der Waals surface area contributed by atoms with Crippen molar-refractivity contribution in [3.8, 4) is 6.07 Å². The summed E-state index contributed by atoms with van der Waals surface area (Å²) in [4.78, 5) is 25.1. The summed E-state index contributed by atoms with van der Waals surface area (Å²) in [7, 11) is 1.36. The number of likely N-dealkylation sites (tertiary alicyclic amines) is 1. The first-order valence-electron chi connectivity index (χ1n) is 6.00. The molecule has 1 aliphatic rings. The summed E-state index contributed by atoms with van der Waals surface area (Å²) in [6.07, 6.45) is 3.14. The Kier molecular flexibility index (Phi) is 6.58. The van der Waals surface area contributed by atoms with Crippen LogP contribution in [0.25, 0.3) is 0 Å². The maximum Gasteiger partial charge on any atom is 0.307 e. The van der Waals surface area contributed by atoms with Gasteiger partial charge in [0.1, 0.15) is 0 Å². The van der Waals surface area contributed by atoms with Crippen molar-refractivity contribution in [1.82, 2.24) is 4.90 Å². The number of methoxy groups -OCH3 is 1. The van der Waals surface area contributed by atoms with Crippen molar-refractivity contribution in [2.75, 3.05) is 25.2 Å². The fraction of sp³-hybridized carbons (Fsp3) is 0.750. The lowest BCUT2D eigenvalue weighted by molar-refractivity contribution is -0.144. The van der Waals surface area contributed by atoms with E-state index in [9.17, 15) is 9.59 Å². The zero-order chi connectivity index (χ0) is 13.4. The lowest BCUT2D eigenvalue weighted by Crippen LogP contribution is -2.45. The lowest BCUT2D eigenvalue weighted by atomic mass is 9.99. The normalized spacial score (nSPS) is 19.1. The molecule has 0 aromatic heterocycles. The van der Waals surface area contributed by atoms with Crippen LogP contribution in [0.5, 0.6) is 0 Å². The lowest BCUT2D eigenvalue weighted by Gasteiger charge is -2.35. The standard InChI is InChI=1S/C12H18N2O3S/c1-17-12(16)8-10-4-2-3-6-14(10)11(15)9-18-7-5-13/h10H,2-4,6-9H2,1H3. The largest absolute Gasteiger partial charge is 0.469 e. The van der Waals surface area contributed by atoms with Gasteiger partial charge in [0.05, 0.1) is 31.1 Å². The Balaban J connectivity index is 2.50. The molecule has 5 nitrogen and oxygen atoms in total. The Morgan fingerprint density at radius 1 is 1.50 bits per heavy atom. The number of carbonyl (C=O) groups excluding carboxylic acids is 2. The zero-order valence-corrected chi connectivity index (χ0v) is 11.4. The summed E-state index contributed by atoms with van der Waals surface area (Å²) in [6.45, 7) is 0.702. The van der Waals surface area contributed by atoms with Gasteiger partial charge in [-0.25, -0.2) is 0 Å². The van der Waals surface area contributed by atoms with Crippen LogP contribution in [-0.4, -0.2) is 48.0 Å². The number of esters is 1. The predicted molar refractivity (Wildman–Crippen MR) is 68.9 cm³/mol. The molecule has 1 heterocycles. The fourth-order valence-corrected chi connectivity index (χ4v) is 2.62. The Morgan fingerprint density at radius 3 is 2.94 bits per heavy atom. The Bertz CT molecular complexity index is 341. The molecule has 18 heavy (non-hydrogen) atoms. The second-order valence-electron chi connectivity index (χ2n) is 4.17. The molecule has 0 radical (unpaired) electrons. The number of nitriles is 1. The molecule has 0 bridgehead atoms. The van der Waals surface area contributed by atoms with Crippen LogP contribution in [0.15, 0.2) is 0 Å². The maximum atomic E-state index is 12.0. The average molecular weight is 270 g/mol. The third-order valence-electron chi connectivity index (χ3n) is 2.97. The van der Waals surface area contributed by atoms with Crippen LogP contribution < -0.4 is 0 Å². The van der Waals surface area contributed by atoms with Crippen molar-refractivity contribution in [1.29, 1.82) is 5.26 Å². The molecule has 0 saturated carbocycles. The van der Waals surface area contributed by atoms with Gasteiger partial charge in [-0.1, -0.05) is 0 Å². The summed E-state index contributed by atoms with van der Waals surface area (Å²) >= 11 is 1.31. The first-order valence-corrected chi connectivity index (χ1v) is 7.15. The maximum absolute atomic E-state index is 12.0. The van der Waals surface area contributed by atoms with E-state index in [1.54, 1.807) is 4.90 Å². The van der Waals surface area contributed by atoms with Crippen molar-refractivity contribution < 1.29 is 14.3 Å². The van der Waals surface area contributed by atoms with Gasteiger partial charge in [0, 0.05) is 12.6 Å². The Labute approximate surface area is 111 Å². The van der Waals surface area contributed by atoms with E-state index >= 15 is 0 Å². The van der Waals surface area contributed by atoms with Crippen LogP contribution in [0.3, 0.4) is 0 Å². The molecule has 0 aromatic carbocycles. The minimum atomic E-state index is -0.274. The van der Waals surface area contributed by atoms with Crippen LogP contribution in [0, 0.1) is 11.3 Å². The highest BCUT2D eigenvalue weighted by Gasteiger charge is 2.28. The molecule has 100 valence electrons. The van der Waals surface area contributed by atoms with Crippen molar-refractivity contribution in [3.05, 3.63) is 0 Å². The van der Waals surface area contributed by atoms with Gasteiger partial charge in [-0.05, 0) is 19.3 Å². The fourth-order valence-electron chi connectivity index (χ4n) is 2.08. The van der Waals surface area contributed by atoms with Gasteiger partial charge in [-0.2, -0.15) is 5.26 Å². The van der Waals surface area contributed by atoms with Gasteiger partial charge in [-0.3, -0.25) is 9.59 Å². The molecule has 1 saturated heterocycles. The van der Waals surface area contributed by atoms with E-state index in [1.807, 2.05) is 6.07 Å². The Hall–Kier alpha value is -1.22. The molecule has 0 aliphatic carbocycles. The number of rotatable bonds is 5. The molecule has 6 heteroatoms. The average Bonchev–Trinajstić information content (AvgIpc) is 2.39. The third kappa shape index (κ3) is 4.57. The highest BCUT2D eigenvalue weighted by atomic mass is 32.2. The predicted octanol–water partition coefficient (Wildman–Crippen LogP) is 1.19. The molecule has 1 unspecified atom stereocenters. The van der Waals surface area contributed by atoms with E-state index in [-0.39, 0.29) is 24.3 Å². The summed E-state index contributed by atoms with van der Waals surface area (Å²) in [5.41, 5.74) is 0. The number of ether oxygens (including phenoxy) is 1. The van der Waals surface area contributed by atoms with E-state index in [2.05, 4.69) is 4.74 Å². The molecular formula is C12H18N2O3S. The smallest absolute Gasteiger partial charge is 0.307 e. The molecule has 0 spiro atoms. The van der Waals surface area contributed by atoms with E-state index < -0.39 is 0 Å². The second kappa shape index (κ2) is 7.98. The van der Waals surface area contributed by atoms with Crippen molar-refractivity contribution in [2.45, 2.75) is 31.7 Å². The van der Waals surface area contributed by atoms with Gasteiger partial charge in [0.2, 0.25) is 5.91 Å². The Morgan fingerprint density at radius 2 is 2.28 bits per heavy atom. The molecule has 1 atom stereocenters. The monoisotopic (exact) mass is 270 g/mol. The minimum absolute atomic E-state index is 0.0175. The van der Waals surface area contributed by atoms with Crippen LogP contribution in [0.4, 0.5) is 0 Å². The second-order valence-corrected chi connectivity index (χ2v) is 5.15. The van der Waals surface area contributed by atoms with Crippen LogP contribution >= 0.6 is 11.8 Å². The number of nitrogens with zero attached hydrogens (tertiary/aromatic N) is 2. The van der Waals surface area contributed by atoms with E-state index in [0.717, 1.165) is 19.3 Å². The third-order valence-corrected chi connectivity index (χ3v) is 3.75. The van der Waals surface area contributed by atoms with Crippen molar-refractivity contribution in [2.24, 2.45) is 0 Å². The van der Waals surface area contributed by atoms with Crippen LogP contribution in [0.2, 0.25) is 0 Å². The first kappa shape index (κ1) is 14.8. The van der Waals surface area contributed by atoms with Gasteiger partial charge >= 0.3 is 5.97 Å². The van der Waals surface area contributed by atoms with Gasteiger partial charge in [0.25, 0.3) is 0 Å². The number of amides is 1. The van der Waals surface area contributed by atoms with E-state index in [0.29, 0.717) is 18.1 Å². The molecule has 1 rings (SSSR count). The van der Waals surface area contributed by atoms with Crippen LogP contribution in [-0.2, 0) is 14.3 Å². The molecular weight excluding hydrogens is 252 g/mol. The molecule has 1 amide bonds. The highest BCUT2D eigenvalue weighted by Crippen LogP contribution is 2.21. The number of thioether (sulfide) groups is 1.